The molecule has 3 aliphatic rings. The summed E-state index contributed by atoms with van der Waals surface area (Å²) in [4.78, 5) is 32.7. The fourth-order valence-corrected chi connectivity index (χ4v) is 6.74. The molecule has 2 N–H and O–H groups in total. The van der Waals surface area contributed by atoms with Crippen LogP contribution in [0.5, 0.6) is 5.75 Å². The molecule has 0 radical (unpaired) electrons. The number of hydrogen-bond donors (Lipinski definition) is 2. The molecule has 1 aliphatic carbocycles. The van der Waals surface area contributed by atoms with Crippen LogP contribution in [-0.2, 0) is 14.2 Å². The third-order valence-corrected chi connectivity index (χ3v) is 8.38. The summed E-state index contributed by atoms with van der Waals surface area (Å²) in [5.74, 6) is -2.36. The average Bonchev–Trinajstić information content (AvgIpc) is 3.18. The Kier molecular flexibility index (Phi) is 8.52. The molecule has 0 bridgehead atoms. The van der Waals surface area contributed by atoms with E-state index < -0.39 is 30.7 Å². The van der Waals surface area contributed by atoms with Gasteiger partial charge in [0.15, 0.2) is 11.6 Å². The molecule has 2 aliphatic heterocycles. The highest BCUT2D eigenvalue weighted by Crippen LogP contribution is 2.51. The third-order valence-electron chi connectivity index (χ3n) is 8.38. The van der Waals surface area contributed by atoms with Gasteiger partial charge < -0.3 is 14.8 Å². The van der Waals surface area contributed by atoms with Crippen LogP contribution in [0.3, 0.4) is 0 Å². The summed E-state index contributed by atoms with van der Waals surface area (Å²) >= 11 is 0. The second-order valence-corrected chi connectivity index (χ2v) is 11.0. The highest BCUT2D eigenvalue weighted by atomic mass is 19.1. The summed E-state index contributed by atoms with van der Waals surface area (Å²) in [5.41, 5.74) is 4.44. The lowest BCUT2D eigenvalue weighted by Crippen LogP contribution is -2.46. The number of benzene rings is 1. The highest BCUT2D eigenvalue weighted by molar-refractivity contribution is 6.43. The van der Waals surface area contributed by atoms with Gasteiger partial charge in [0.2, 0.25) is 11.8 Å². The summed E-state index contributed by atoms with van der Waals surface area (Å²) in [5, 5.41) is 20.4. The van der Waals surface area contributed by atoms with Gasteiger partial charge in [-0.25, -0.2) is 4.39 Å². The number of allylic oxidation sites excluding steroid dienone is 2. The van der Waals surface area contributed by atoms with E-state index in [9.17, 15) is 24.1 Å². The summed E-state index contributed by atoms with van der Waals surface area (Å²) in [6.45, 7) is 4.49. The predicted molar refractivity (Wildman–Crippen MR) is 151 cm³/mol. The standard InChI is InChI=1S/C31H36BFN2O5/c1-3-7-21-17-22-29(31(38)35(14-4-2)30(22)37)23-18-32(39)40-27(28(21)23)12-10-20(25-8-5-6-13-34-25)15-19-9-11-26(36)24(33)16-19/h5-6,8-9,11,13,15-16,22-23,27,29,36,39H,3-4,7,10,12,14,17-18H2,1-2H3/b20-15-/t22-,23+,27-,29-/m1/s1. The minimum atomic E-state index is -1.03. The lowest BCUT2D eigenvalue weighted by molar-refractivity contribution is -0.140. The molecule has 2 amide bonds. The van der Waals surface area contributed by atoms with Crippen LogP contribution in [0.4, 0.5) is 4.39 Å². The van der Waals surface area contributed by atoms with Crippen molar-refractivity contribution in [2.24, 2.45) is 17.8 Å². The number of aromatic hydroxyl groups is 1. The van der Waals surface area contributed by atoms with E-state index in [1.165, 1.54) is 22.6 Å². The first-order valence-corrected chi connectivity index (χ1v) is 14.3. The molecule has 0 saturated carbocycles. The number of phenolic OH excluding ortho intramolecular Hbond substituents is 1. The molecule has 7 nitrogen and oxygen atoms in total. The Morgan fingerprint density at radius 3 is 2.70 bits per heavy atom. The molecular weight excluding hydrogens is 510 g/mol. The number of halogens is 1. The smallest absolute Gasteiger partial charge is 0.455 e. The van der Waals surface area contributed by atoms with Crippen LogP contribution in [0.15, 0.2) is 53.7 Å². The summed E-state index contributed by atoms with van der Waals surface area (Å²) in [7, 11) is -1.03. The third kappa shape index (κ3) is 5.49. The van der Waals surface area contributed by atoms with Gasteiger partial charge in [-0.1, -0.05) is 38.0 Å². The second-order valence-electron chi connectivity index (χ2n) is 11.0. The van der Waals surface area contributed by atoms with E-state index in [0.717, 1.165) is 29.7 Å². The second kappa shape index (κ2) is 12.1. The molecule has 2 saturated heterocycles. The number of amides is 2. The van der Waals surface area contributed by atoms with Gasteiger partial charge in [0.25, 0.3) is 0 Å². The Bertz CT molecular complexity index is 1330. The van der Waals surface area contributed by atoms with Crippen molar-refractivity contribution in [1.82, 2.24) is 9.88 Å². The van der Waals surface area contributed by atoms with Gasteiger partial charge in [-0.3, -0.25) is 19.5 Å². The first-order chi connectivity index (χ1) is 19.3. The molecule has 1 aromatic heterocycles. The molecule has 0 spiro atoms. The van der Waals surface area contributed by atoms with Crippen LogP contribution in [0.2, 0.25) is 6.32 Å². The van der Waals surface area contributed by atoms with Crippen molar-refractivity contribution in [2.45, 2.75) is 64.8 Å². The van der Waals surface area contributed by atoms with Crippen molar-refractivity contribution in [3.63, 3.8) is 0 Å². The molecule has 2 aromatic rings. The molecule has 0 unspecified atom stereocenters. The monoisotopic (exact) mass is 546 g/mol. The minimum absolute atomic E-state index is 0.0801. The van der Waals surface area contributed by atoms with Crippen molar-refractivity contribution < 1.29 is 28.8 Å². The van der Waals surface area contributed by atoms with Gasteiger partial charge >= 0.3 is 7.12 Å². The molecule has 2 fully saturated rings. The van der Waals surface area contributed by atoms with Gasteiger partial charge in [0.05, 0.1) is 23.6 Å². The number of hydrogen-bond acceptors (Lipinski definition) is 6. The number of nitrogens with zero attached hydrogens (tertiary/aromatic N) is 2. The van der Waals surface area contributed by atoms with Crippen molar-refractivity contribution in [1.29, 1.82) is 0 Å². The Morgan fingerprint density at radius 1 is 1.18 bits per heavy atom. The molecule has 40 heavy (non-hydrogen) atoms. The van der Waals surface area contributed by atoms with Crippen molar-refractivity contribution >= 4 is 30.6 Å². The minimum Gasteiger partial charge on any atom is -0.505 e. The SMILES string of the molecule is CCCC1=C2[C@@H](CC/C(=C/c3ccc(O)c(F)c3)c3ccccn3)OB(O)C[C@@H]2[C@@H]2C(=O)N(CCC)C(=O)[C@@H]2C1. The zero-order valence-corrected chi connectivity index (χ0v) is 23.1. The molecule has 3 heterocycles. The number of imide groups is 1. The topological polar surface area (TPSA) is 100.0 Å². The fourth-order valence-electron chi connectivity index (χ4n) is 6.74. The fraction of sp³-hybridized carbons (Fsp3) is 0.452. The molecule has 210 valence electrons. The van der Waals surface area contributed by atoms with Crippen molar-refractivity contribution in [3.05, 3.63) is 70.8 Å². The first kappa shape index (κ1) is 28.2. The Morgan fingerprint density at radius 2 is 2.00 bits per heavy atom. The largest absolute Gasteiger partial charge is 0.505 e. The van der Waals surface area contributed by atoms with E-state index in [-0.39, 0.29) is 23.7 Å². The Labute approximate surface area is 234 Å². The van der Waals surface area contributed by atoms with Gasteiger partial charge in [-0.2, -0.15) is 0 Å². The van der Waals surface area contributed by atoms with E-state index >= 15 is 0 Å². The van der Waals surface area contributed by atoms with E-state index in [1.807, 2.05) is 31.2 Å². The van der Waals surface area contributed by atoms with Gasteiger partial charge in [-0.05, 0) is 91.4 Å². The van der Waals surface area contributed by atoms with E-state index in [1.54, 1.807) is 12.3 Å². The van der Waals surface area contributed by atoms with Crippen LogP contribution in [0, 0.1) is 23.6 Å². The first-order valence-electron chi connectivity index (χ1n) is 14.3. The number of phenols is 1. The van der Waals surface area contributed by atoms with E-state index in [0.29, 0.717) is 44.1 Å². The lowest BCUT2D eigenvalue weighted by Gasteiger charge is -2.43. The number of fused-ring (bicyclic) bond motifs is 3. The lowest BCUT2D eigenvalue weighted by atomic mass is 9.58. The maximum atomic E-state index is 14.1. The number of aromatic nitrogens is 1. The predicted octanol–water partition coefficient (Wildman–Crippen LogP) is 5.25. The average molecular weight is 546 g/mol. The zero-order valence-electron chi connectivity index (χ0n) is 23.1. The van der Waals surface area contributed by atoms with E-state index in [2.05, 4.69) is 11.9 Å². The Balaban J connectivity index is 1.47. The summed E-state index contributed by atoms with van der Waals surface area (Å²) in [6, 6.07) is 9.85. The van der Waals surface area contributed by atoms with Crippen LogP contribution < -0.4 is 0 Å². The number of carbonyl (C=O) groups excluding carboxylic acids is 2. The number of likely N-dealkylation sites (tertiary alicyclic amines) is 1. The zero-order chi connectivity index (χ0) is 28.4. The molecule has 9 heteroatoms. The van der Waals surface area contributed by atoms with Crippen LogP contribution in [0.1, 0.15) is 63.6 Å². The van der Waals surface area contributed by atoms with Crippen molar-refractivity contribution in [3.8, 4) is 5.75 Å². The molecule has 5 rings (SSSR count). The molecular formula is C31H36BFN2O5. The summed E-state index contributed by atoms with van der Waals surface area (Å²) in [6.07, 6.45) is 7.48. The highest BCUT2D eigenvalue weighted by Gasteiger charge is 2.56. The van der Waals surface area contributed by atoms with Gasteiger partial charge in [0.1, 0.15) is 0 Å². The summed E-state index contributed by atoms with van der Waals surface area (Å²) < 4.78 is 20.2. The van der Waals surface area contributed by atoms with Crippen LogP contribution >= 0.6 is 0 Å². The molecule has 4 atom stereocenters. The number of pyridine rings is 1. The van der Waals surface area contributed by atoms with E-state index in [4.69, 9.17) is 4.65 Å². The van der Waals surface area contributed by atoms with Gasteiger partial charge in [-0.15, -0.1) is 0 Å². The van der Waals surface area contributed by atoms with Gasteiger partial charge in [0, 0.05) is 12.7 Å². The number of rotatable bonds is 9. The molecule has 1 aromatic carbocycles. The maximum Gasteiger partial charge on any atom is 0.455 e. The maximum absolute atomic E-state index is 14.1. The normalized spacial score (nSPS) is 24.9. The Hall–Kier alpha value is -3.30. The quantitative estimate of drug-likeness (QED) is 0.253. The van der Waals surface area contributed by atoms with Crippen LogP contribution in [0.25, 0.3) is 11.6 Å². The van der Waals surface area contributed by atoms with Crippen molar-refractivity contribution in [2.75, 3.05) is 6.54 Å². The number of carbonyl (C=O) groups is 2. The van der Waals surface area contributed by atoms with Crippen LogP contribution in [-0.4, -0.2) is 51.6 Å².